The average molecular weight is 383 g/mol. The number of carbonyl (C=O) groups is 1. The molecule has 0 N–H and O–H groups in total. The lowest BCUT2D eigenvalue weighted by molar-refractivity contribution is -0.401. The van der Waals surface area contributed by atoms with E-state index in [-0.39, 0.29) is 23.6 Å². The van der Waals surface area contributed by atoms with Crippen molar-refractivity contribution in [2.45, 2.75) is 52.0 Å². The quantitative estimate of drug-likeness (QED) is 0.502. The molecule has 1 saturated carbocycles. The summed E-state index contributed by atoms with van der Waals surface area (Å²) in [5.74, 6) is 0.0685. The number of pyridine rings is 1. The number of rotatable bonds is 4. The standard InChI is InChI=1S/C19H21N5O4/c1-12-10-11-20-19-17(12)21-18(15-8-9-16(28-15)24(26)27)23(19)22(13(2)25)14-6-4-3-5-7-14/h8-11,14H,3-7H2,1-2H3. The highest BCUT2D eigenvalue weighted by molar-refractivity contribution is 5.89. The summed E-state index contributed by atoms with van der Waals surface area (Å²) in [6.07, 6.45) is 6.71. The van der Waals surface area contributed by atoms with Crippen LogP contribution in [0.25, 0.3) is 22.7 Å². The Bertz CT molecular complexity index is 1050. The highest BCUT2D eigenvalue weighted by Crippen LogP contribution is 2.32. The van der Waals surface area contributed by atoms with E-state index in [1.54, 1.807) is 15.9 Å². The maximum atomic E-state index is 12.7. The fourth-order valence-corrected chi connectivity index (χ4v) is 3.88. The molecule has 0 aromatic carbocycles. The van der Waals surface area contributed by atoms with Gasteiger partial charge in [-0.05, 0) is 37.5 Å². The third kappa shape index (κ3) is 3.02. The molecule has 1 aliphatic rings. The van der Waals surface area contributed by atoms with Gasteiger partial charge in [-0.25, -0.2) is 19.7 Å². The molecule has 3 aromatic rings. The number of amides is 1. The number of aromatic nitrogens is 3. The molecule has 0 aliphatic heterocycles. The Balaban J connectivity index is 1.94. The maximum absolute atomic E-state index is 12.7. The average Bonchev–Trinajstić information content (AvgIpc) is 3.29. The molecule has 28 heavy (non-hydrogen) atoms. The molecule has 1 aliphatic carbocycles. The number of nitro groups is 1. The van der Waals surface area contributed by atoms with E-state index >= 15 is 0 Å². The summed E-state index contributed by atoms with van der Waals surface area (Å²) in [5, 5.41) is 12.7. The van der Waals surface area contributed by atoms with Crippen LogP contribution in [0.1, 0.15) is 44.6 Å². The molecule has 3 aromatic heterocycles. The molecule has 0 atom stereocenters. The van der Waals surface area contributed by atoms with Crippen molar-refractivity contribution in [3.05, 3.63) is 40.1 Å². The van der Waals surface area contributed by atoms with Crippen molar-refractivity contribution in [3.8, 4) is 11.6 Å². The highest BCUT2D eigenvalue weighted by Gasteiger charge is 2.31. The second-order valence-electron chi connectivity index (χ2n) is 7.10. The number of imidazole rings is 1. The molecule has 9 heteroatoms. The number of fused-ring (bicyclic) bond motifs is 1. The Kier molecular flexibility index (Phi) is 4.58. The third-order valence-electron chi connectivity index (χ3n) is 5.18. The predicted octanol–water partition coefficient (Wildman–Crippen LogP) is 3.73. The summed E-state index contributed by atoms with van der Waals surface area (Å²) in [4.78, 5) is 32.2. The molecule has 1 fully saturated rings. The molecule has 1 amide bonds. The van der Waals surface area contributed by atoms with E-state index in [0.717, 1.165) is 37.7 Å². The molecule has 0 saturated heterocycles. The van der Waals surface area contributed by atoms with E-state index in [1.807, 2.05) is 13.0 Å². The fraction of sp³-hybridized carbons (Fsp3) is 0.421. The van der Waals surface area contributed by atoms with Crippen molar-refractivity contribution in [2.24, 2.45) is 0 Å². The number of furan rings is 1. The summed E-state index contributed by atoms with van der Waals surface area (Å²) in [7, 11) is 0. The van der Waals surface area contributed by atoms with Crippen molar-refractivity contribution in [3.63, 3.8) is 0 Å². The van der Waals surface area contributed by atoms with Gasteiger partial charge in [0.05, 0.1) is 12.1 Å². The Hall–Kier alpha value is -3.23. The van der Waals surface area contributed by atoms with Crippen molar-refractivity contribution >= 4 is 23.0 Å². The van der Waals surface area contributed by atoms with Gasteiger partial charge in [0.25, 0.3) is 0 Å². The minimum Gasteiger partial charge on any atom is -0.397 e. The Labute approximate surface area is 161 Å². The van der Waals surface area contributed by atoms with E-state index in [1.165, 1.54) is 19.1 Å². The Morgan fingerprint density at radius 3 is 2.68 bits per heavy atom. The summed E-state index contributed by atoms with van der Waals surface area (Å²) >= 11 is 0. The van der Waals surface area contributed by atoms with Gasteiger partial charge < -0.3 is 4.42 Å². The summed E-state index contributed by atoms with van der Waals surface area (Å²) in [5.41, 5.74) is 2.08. The normalized spacial score (nSPS) is 15.1. The maximum Gasteiger partial charge on any atom is 0.433 e. The van der Waals surface area contributed by atoms with Gasteiger partial charge in [-0.15, -0.1) is 0 Å². The molecular formula is C19H21N5O4. The highest BCUT2D eigenvalue weighted by atomic mass is 16.6. The summed E-state index contributed by atoms with van der Waals surface area (Å²) in [6, 6.07) is 4.66. The van der Waals surface area contributed by atoms with Crippen LogP contribution in [-0.4, -0.2) is 31.5 Å². The minimum atomic E-state index is -0.593. The first-order valence-electron chi connectivity index (χ1n) is 9.36. The minimum absolute atomic E-state index is 0.0228. The number of nitrogens with zero attached hydrogens (tertiary/aromatic N) is 5. The van der Waals surface area contributed by atoms with E-state index in [0.29, 0.717) is 17.0 Å². The van der Waals surface area contributed by atoms with Crippen molar-refractivity contribution in [2.75, 3.05) is 5.01 Å². The van der Waals surface area contributed by atoms with E-state index in [9.17, 15) is 14.9 Å². The Morgan fingerprint density at radius 1 is 1.29 bits per heavy atom. The van der Waals surface area contributed by atoms with Crippen LogP contribution in [0.15, 0.2) is 28.8 Å². The smallest absolute Gasteiger partial charge is 0.397 e. The van der Waals surface area contributed by atoms with E-state index < -0.39 is 4.92 Å². The second kappa shape index (κ2) is 7.06. The van der Waals surface area contributed by atoms with Crippen LogP contribution < -0.4 is 5.01 Å². The fourth-order valence-electron chi connectivity index (χ4n) is 3.88. The summed E-state index contributed by atoms with van der Waals surface area (Å²) < 4.78 is 7.08. The number of aryl methyl sites for hydroxylation is 1. The largest absolute Gasteiger partial charge is 0.433 e. The zero-order valence-electron chi connectivity index (χ0n) is 15.8. The van der Waals surface area contributed by atoms with E-state index in [4.69, 9.17) is 4.42 Å². The van der Waals surface area contributed by atoms with Gasteiger partial charge >= 0.3 is 5.88 Å². The number of carbonyl (C=O) groups excluding carboxylic acids is 1. The lowest BCUT2D eigenvalue weighted by atomic mass is 9.95. The molecule has 3 heterocycles. The molecule has 9 nitrogen and oxygen atoms in total. The zero-order chi connectivity index (χ0) is 19.8. The SMILES string of the molecule is CC(=O)N(C1CCCCC1)n1c(-c2ccc([N+](=O)[O-])o2)nc2c(C)ccnc21. The van der Waals surface area contributed by atoms with Crippen LogP contribution in [0.4, 0.5) is 5.88 Å². The molecule has 0 radical (unpaired) electrons. The van der Waals surface area contributed by atoms with Crippen molar-refractivity contribution in [1.82, 2.24) is 14.6 Å². The predicted molar refractivity (Wildman–Crippen MR) is 102 cm³/mol. The first-order chi connectivity index (χ1) is 13.5. The Morgan fingerprint density at radius 2 is 2.04 bits per heavy atom. The number of hydrogen-bond donors (Lipinski definition) is 0. The molecule has 146 valence electrons. The van der Waals surface area contributed by atoms with Gasteiger partial charge in [-0.1, -0.05) is 19.3 Å². The topological polar surface area (TPSA) is 107 Å². The van der Waals surface area contributed by atoms with Gasteiger partial charge in [0.2, 0.25) is 5.91 Å². The van der Waals surface area contributed by atoms with Crippen LogP contribution in [-0.2, 0) is 4.79 Å². The lowest BCUT2D eigenvalue weighted by Gasteiger charge is -2.34. The molecule has 4 rings (SSSR count). The molecular weight excluding hydrogens is 362 g/mol. The lowest BCUT2D eigenvalue weighted by Crippen LogP contribution is -2.48. The molecule has 0 unspecified atom stereocenters. The molecule has 0 bridgehead atoms. The first-order valence-corrected chi connectivity index (χ1v) is 9.36. The van der Waals surface area contributed by atoms with Gasteiger partial charge in [0.15, 0.2) is 17.2 Å². The van der Waals surface area contributed by atoms with Gasteiger partial charge in [-0.3, -0.25) is 14.9 Å². The third-order valence-corrected chi connectivity index (χ3v) is 5.18. The number of hydrogen-bond acceptors (Lipinski definition) is 6. The second-order valence-corrected chi connectivity index (χ2v) is 7.10. The summed E-state index contributed by atoms with van der Waals surface area (Å²) in [6.45, 7) is 3.43. The van der Waals surface area contributed by atoms with Gasteiger partial charge in [-0.2, -0.15) is 0 Å². The molecule has 0 spiro atoms. The van der Waals surface area contributed by atoms with Crippen LogP contribution >= 0.6 is 0 Å². The van der Waals surface area contributed by atoms with Gasteiger partial charge in [0, 0.05) is 13.1 Å². The van der Waals surface area contributed by atoms with Gasteiger partial charge in [0.1, 0.15) is 10.4 Å². The van der Waals surface area contributed by atoms with Crippen LogP contribution in [0.3, 0.4) is 0 Å². The van der Waals surface area contributed by atoms with Crippen LogP contribution in [0, 0.1) is 17.0 Å². The first kappa shape index (κ1) is 18.1. The zero-order valence-corrected chi connectivity index (χ0v) is 15.8. The van der Waals surface area contributed by atoms with E-state index in [2.05, 4.69) is 9.97 Å². The monoisotopic (exact) mass is 383 g/mol. The van der Waals surface area contributed by atoms with Crippen LogP contribution in [0.5, 0.6) is 0 Å². The van der Waals surface area contributed by atoms with Crippen molar-refractivity contribution in [1.29, 1.82) is 0 Å². The van der Waals surface area contributed by atoms with Crippen LogP contribution in [0.2, 0.25) is 0 Å². The van der Waals surface area contributed by atoms with Crippen molar-refractivity contribution < 1.29 is 14.1 Å².